The highest BCUT2D eigenvalue weighted by atomic mass is 19.4. The fourth-order valence-electron chi connectivity index (χ4n) is 2.23. The van der Waals surface area contributed by atoms with Gasteiger partial charge in [0, 0.05) is 13.1 Å². The van der Waals surface area contributed by atoms with Gasteiger partial charge in [0.15, 0.2) is 0 Å². The van der Waals surface area contributed by atoms with Crippen LogP contribution in [-0.2, 0) is 9.53 Å². The Labute approximate surface area is 105 Å². The molecule has 0 saturated carbocycles. The van der Waals surface area contributed by atoms with Gasteiger partial charge in [-0.05, 0) is 26.3 Å². The zero-order valence-corrected chi connectivity index (χ0v) is 10.8. The summed E-state index contributed by atoms with van der Waals surface area (Å²) in [5, 5.41) is 0. The summed E-state index contributed by atoms with van der Waals surface area (Å²) >= 11 is 0. The summed E-state index contributed by atoms with van der Waals surface area (Å²) in [6.07, 6.45) is -3.42. The molecule has 1 saturated heterocycles. The zero-order valence-electron chi connectivity index (χ0n) is 10.8. The van der Waals surface area contributed by atoms with E-state index in [-0.39, 0.29) is 24.9 Å². The maximum absolute atomic E-state index is 12.6. The van der Waals surface area contributed by atoms with Gasteiger partial charge in [0.05, 0.1) is 18.4 Å². The van der Waals surface area contributed by atoms with E-state index in [2.05, 4.69) is 0 Å². The van der Waals surface area contributed by atoms with E-state index in [9.17, 15) is 18.0 Å². The Morgan fingerprint density at radius 3 is 2.72 bits per heavy atom. The molecule has 2 unspecified atom stereocenters. The number of esters is 1. The van der Waals surface area contributed by atoms with Crippen molar-refractivity contribution >= 4 is 5.97 Å². The monoisotopic (exact) mass is 267 g/mol. The number of piperidine rings is 1. The fraction of sp³-hybridized carbons (Fsp3) is 0.917. The Balaban J connectivity index is 2.45. The molecule has 3 nitrogen and oxygen atoms in total. The highest BCUT2D eigenvalue weighted by Gasteiger charge is 2.42. The third kappa shape index (κ3) is 4.48. The molecular weight excluding hydrogens is 247 g/mol. The number of halogens is 3. The van der Waals surface area contributed by atoms with Gasteiger partial charge in [0.2, 0.25) is 0 Å². The van der Waals surface area contributed by atoms with Gasteiger partial charge in [-0.3, -0.25) is 4.79 Å². The molecule has 0 aliphatic carbocycles. The van der Waals surface area contributed by atoms with Crippen LogP contribution in [0.15, 0.2) is 0 Å². The fourth-order valence-corrected chi connectivity index (χ4v) is 2.23. The highest BCUT2D eigenvalue weighted by Crippen LogP contribution is 2.33. The molecule has 106 valence electrons. The highest BCUT2D eigenvalue weighted by molar-refractivity contribution is 5.72. The van der Waals surface area contributed by atoms with Crippen molar-refractivity contribution in [3.63, 3.8) is 0 Å². The van der Waals surface area contributed by atoms with Crippen LogP contribution >= 0.6 is 0 Å². The van der Waals surface area contributed by atoms with Crippen molar-refractivity contribution in [1.29, 1.82) is 0 Å². The molecule has 1 fully saturated rings. The molecule has 0 aromatic heterocycles. The van der Waals surface area contributed by atoms with Crippen LogP contribution in [0.3, 0.4) is 0 Å². The summed E-state index contributed by atoms with van der Waals surface area (Å²) in [6, 6.07) is 0. The van der Waals surface area contributed by atoms with Crippen molar-refractivity contribution in [2.75, 3.05) is 26.2 Å². The summed E-state index contributed by atoms with van der Waals surface area (Å²) in [5.74, 6) is -1.98. The Bertz CT molecular complexity index is 281. The molecular formula is C12H20F3NO2. The summed E-state index contributed by atoms with van der Waals surface area (Å²) in [7, 11) is 0. The van der Waals surface area contributed by atoms with E-state index >= 15 is 0 Å². The topological polar surface area (TPSA) is 29.5 Å². The van der Waals surface area contributed by atoms with Crippen LogP contribution in [0.2, 0.25) is 0 Å². The van der Waals surface area contributed by atoms with E-state index < -0.39 is 12.1 Å². The average molecular weight is 267 g/mol. The molecule has 6 heteroatoms. The predicted molar refractivity (Wildman–Crippen MR) is 61.0 cm³/mol. The third-order valence-electron chi connectivity index (χ3n) is 3.19. The third-order valence-corrected chi connectivity index (χ3v) is 3.19. The number of rotatable bonds is 4. The van der Waals surface area contributed by atoms with E-state index in [0.717, 1.165) is 0 Å². The van der Waals surface area contributed by atoms with E-state index in [1.54, 1.807) is 18.7 Å². The number of carbonyl (C=O) groups excluding carboxylic acids is 1. The zero-order chi connectivity index (χ0) is 13.8. The molecule has 1 rings (SSSR count). The lowest BCUT2D eigenvalue weighted by atomic mass is 9.96. The SMILES string of the molecule is CCOC(=O)C(C)CN1CCCC(C(F)(F)F)C1. The van der Waals surface area contributed by atoms with Gasteiger partial charge in [-0.2, -0.15) is 13.2 Å². The Kier molecular flexibility index (Phi) is 5.44. The molecule has 1 aliphatic heterocycles. The second-order valence-corrected chi connectivity index (χ2v) is 4.79. The largest absolute Gasteiger partial charge is 0.466 e. The Morgan fingerprint density at radius 1 is 1.50 bits per heavy atom. The second-order valence-electron chi connectivity index (χ2n) is 4.79. The lowest BCUT2D eigenvalue weighted by molar-refractivity contribution is -0.187. The predicted octanol–water partition coefficient (Wildman–Crippen LogP) is 2.46. The molecule has 0 aromatic carbocycles. The van der Waals surface area contributed by atoms with Gasteiger partial charge in [-0.1, -0.05) is 6.92 Å². The molecule has 18 heavy (non-hydrogen) atoms. The van der Waals surface area contributed by atoms with E-state index in [1.807, 2.05) is 0 Å². The number of alkyl halides is 3. The average Bonchev–Trinajstić information content (AvgIpc) is 2.28. The smallest absolute Gasteiger partial charge is 0.393 e. The summed E-state index contributed by atoms with van der Waals surface area (Å²) in [5.41, 5.74) is 0. The summed E-state index contributed by atoms with van der Waals surface area (Å²) < 4.78 is 42.7. The van der Waals surface area contributed by atoms with Crippen LogP contribution in [0.1, 0.15) is 26.7 Å². The first-order valence-electron chi connectivity index (χ1n) is 6.30. The Hall–Kier alpha value is -0.780. The van der Waals surface area contributed by atoms with Crippen molar-refractivity contribution < 1.29 is 22.7 Å². The number of hydrogen-bond acceptors (Lipinski definition) is 3. The Morgan fingerprint density at radius 2 is 2.17 bits per heavy atom. The van der Waals surface area contributed by atoms with E-state index in [4.69, 9.17) is 4.74 Å². The first kappa shape index (κ1) is 15.3. The number of likely N-dealkylation sites (tertiary alicyclic amines) is 1. The molecule has 2 atom stereocenters. The first-order chi connectivity index (χ1) is 8.34. The number of carbonyl (C=O) groups is 1. The van der Waals surface area contributed by atoms with E-state index in [0.29, 0.717) is 26.1 Å². The molecule has 1 aliphatic rings. The second kappa shape index (κ2) is 6.41. The molecule has 0 radical (unpaired) electrons. The van der Waals surface area contributed by atoms with Gasteiger partial charge in [-0.25, -0.2) is 0 Å². The summed E-state index contributed by atoms with van der Waals surface area (Å²) in [6.45, 7) is 4.66. The standard InChI is InChI=1S/C12H20F3NO2/c1-3-18-11(17)9(2)7-16-6-4-5-10(8-16)12(13,14)15/h9-10H,3-8H2,1-2H3. The lowest BCUT2D eigenvalue weighted by Gasteiger charge is -2.34. The summed E-state index contributed by atoms with van der Waals surface area (Å²) in [4.78, 5) is 13.1. The van der Waals surface area contributed by atoms with Crippen molar-refractivity contribution in [2.24, 2.45) is 11.8 Å². The molecule has 1 heterocycles. The van der Waals surface area contributed by atoms with Crippen molar-refractivity contribution in [2.45, 2.75) is 32.9 Å². The molecule has 0 spiro atoms. The molecule has 0 bridgehead atoms. The quantitative estimate of drug-likeness (QED) is 0.733. The van der Waals surface area contributed by atoms with Gasteiger partial charge >= 0.3 is 12.1 Å². The normalized spacial score (nSPS) is 23.7. The van der Waals surface area contributed by atoms with Crippen molar-refractivity contribution in [1.82, 2.24) is 4.90 Å². The van der Waals surface area contributed by atoms with Crippen LogP contribution in [0.5, 0.6) is 0 Å². The van der Waals surface area contributed by atoms with Gasteiger partial charge in [-0.15, -0.1) is 0 Å². The number of nitrogens with zero attached hydrogens (tertiary/aromatic N) is 1. The van der Waals surface area contributed by atoms with Gasteiger partial charge in [0.1, 0.15) is 0 Å². The molecule has 0 amide bonds. The lowest BCUT2D eigenvalue weighted by Crippen LogP contribution is -2.44. The first-order valence-corrected chi connectivity index (χ1v) is 6.30. The minimum atomic E-state index is -4.13. The molecule has 0 aromatic rings. The minimum absolute atomic E-state index is 0.00670. The maximum Gasteiger partial charge on any atom is 0.393 e. The number of hydrogen-bond donors (Lipinski definition) is 0. The van der Waals surface area contributed by atoms with Crippen molar-refractivity contribution in [3.8, 4) is 0 Å². The van der Waals surface area contributed by atoms with Crippen LogP contribution in [0, 0.1) is 11.8 Å². The van der Waals surface area contributed by atoms with Gasteiger partial charge < -0.3 is 9.64 Å². The number of ether oxygens (including phenoxy) is 1. The van der Waals surface area contributed by atoms with Crippen LogP contribution < -0.4 is 0 Å². The van der Waals surface area contributed by atoms with Crippen LogP contribution in [0.4, 0.5) is 13.2 Å². The van der Waals surface area contributed by atoms with E-state index in [1.165, 1.54) is 0 Å². The maximum atomic E-state index is 12.6. The minimum Gasteiger partial charge on any atom is -0.466 e. The van der Waals surface area contributed by atoms with Crippen LogP contribution in [0.25, 0.3) is 0 Å². The van der Waals surface area contributed by atoms with Crippen molar-refractivity contribution in [3.05, 3.63) is 0 Å². The van der Waals surface area contributed by atoms with Gasteiger partial charge in [0.25, 0.3) is 0 Å². The molecule has 0 N–H and O–H groups in total. The van der Waals surface area contributed by atoms with Crippen LogP contribution in [-0.4, -0.2) is 43.3 Å².